The lowest BCUT2D eigenvalue weighted by atomic mass is 10.0. The Bertz CT molecular complexity index is 693. The molecular formula is C20H28N2O5S. The summed E-state index contributed by atoms with van der Waals surface area (Å²) >= 11 is 0.879. The second-order valence-corrected chi connectivity index (χ2v) is 8.55. The van der Waals surface area contributed by atoms with E-state index in [0.717, 1.165) is 17.3 Å². The van der Waals surface area contributed by atoms with Crippen molar-refractivity contribution in [2.24, 2.45) is 5.92 Å². The highest BCUT2D eigenvalue weighted by molar-refractivity contribution is 8.14. The summed E-state index contributed by atoms with van der Waals surface area (Å²) in [5, 5.41) is 13.8. The van der Waals surface area contributed by atoms with Crippen molar-refractivity contribution in [2.75, 3.05) is 0 Å². The molecular weight excluding hydrogens is 380 g/mol. The van der Waals surface area contributed by atoms with Crippen LogP contribution in [0.3, 0.4) is 0 Å². The molecule has 0 fully saturated rings. The molecule has 0 heterocycles. The van der Waals surface area contributed by atoms with Crippen molar-refractivity contribution in [3.05, 3.63) is 35.9 Å². The molecule has 0 radical (unpaired) electrons. The van der Waals surface area contributed by atoms with Gasteiger partial charge in [-0.3, -0.25) is 14.4 Å². The van der Waals surface area contributed by atoms with Crippen LogP contribution in [0.15, 0.2) is 30.3 Å². The molecule has 1 rings (SSSR count). The minimum Gasteiger partial charge on any atom is -0.480 e. The fraction of sp³-hybridized carbons (Fsp3) is 0.500. The summed E-state index contributed by atoms with van der Waals surface area (Å²) in [7, 11) is 0. The van der Waals surface area contributed by atoms with Gasteiger partial charge in [-0.15, -0.1) is 0 Å². The van der Waals surface area contributed by atoms with E-state index in [-0.39, 0.29) is 17.5 Å². The van der Waals surface area contributed by atoms with Crippen LogP contribution in [-0.4, -0.2) is 45.3 Å². The van der Waals surface area contributed by atoms with Crippen LogP contribution >= 0.6 is 11.8 Å². The Balaban J connectivity index is 2.84. The Hall–Kier alpha value is -2.35. The van der Waals surface area contributed by atoms with Gasteiger partial charge < -0.3 is 15.7 Å². The summed E-state index contributed by atoms with van der Waals surface area (Å²) in [5.74, 6) is -2.03. The molecule has 0 aromatic heterocycles. The Morgan fingerprint density at radius 3 is 2.04 bits per heavy atom. The lowest BCUT2D eigenvalue weighted by Gasteiger charge is -2.24. The van der Waals surface area contributed by atoms with Crippen LogP contribution in [0, 0.1) is 5.92 Å². The highest BCUT2D eigenvalue weighted by Gasteiger charge is 2.28. The number of hydrogen-bond acceptors (Lipinski definition) is 5. The standard InChI is InChI=1S/C20H28N2O5S/c1-12(2)10-16(21-18(24)13(3)28-14(4)23)19(25)22-17(20(26)27)11-15-8-6-5-7-9-15/h5-9,12-13,16-17H,10-11H2,1-4H3,(H,21,24)(H,22,25)(H,26,27)/t13?,16-,17-/m0/s1. The molecule has 2 amide bonds. The maximum absolute atomic E-state index is 12.7. The van der Waals surface area contributed by atoms with E-state index in [1.54, 1.807) is 31.2 Å². The number of rotatable bonds is 10. The molecule has 1 aromatic carbocycles. The maximum atomic E-state index is 12.7. The SMILES string of the molecule is CC(=O)SC(C)C(=O)N[C@@H](CC(C)C)C(=O)N[C@@H](Cc1ccccc1)C(=O)O. The molecule has 8 heteroatoms. The van der Waals surface area contributed by atoms with Crippen molar-refractivity contribution in [1.82, 2.24) is 10.6 Å². The third-order valence-electron chi connectivity index (χ3n) is 3.95. The summed E-state index contributed by atoms with van der Waals surface area (Å²) in [6.07, 6.45) is 0.494. The number of amides is 2. The number of carbonyl (C=O) groups excluding carboxylic acids is 3. The van der Waals surface area contributed by atoms with E-state index >= 15 is 0 Å². The van der Waals surface area contributed by atoms with Crippen LogP contribution in [0.2, 0.25) is 0 Å². The normalized spacial score (nSPS) is 14.0. The van der Waals surface area contributed by atoms with Crippen molar-refractivity contribution in [3.8, 4) is 0 Å². The van der Waals surface area contributed by atoms with Crippen LogP contribution in [0.4, 0.5) is 0 Å². The first kappa shape index (κ1) is 23.7. The third kappa shape index (κ3) is 8.56. The van der Waals surface area contributed by atoms with Gasteiger partial charge in [0.05, 0.1) is 5.25 Å². The van der Waals surface area contributed by atoms with Gasteiger partial charge in [-0.25, -0.2) is 4.79 Å². The van der Waals surface area contributed by atoms with Crippen molar-refractivity contribution >= 4 is 34.7 Å². The molecule has 0 bridgehead atoms. The monoisotopic (exact) mass is 408 g/mol. The zero-order valence-electron chi connectivity index (χ0n) is 16.6. The molecule has 7 nitrogen and oxygen atoms in total. The maximum Gasteiger partial charge on any atom is 0.326 e. The van der Waals surface area contributed by atoms with Crippen molar-refractivity contribution in [3.63, 3.8) is 0 Å². The minimum atomic E-state index is -1.15. The lowest BCUT2D eigenvalue weighted by molar-refractivity contribution is -0.142. The van der Waals surface area contributed by atoms with E-state index in [0.29, 0.717) is 6.42 Å². The summed E-state index contributed by atoms with van der Waals surface area (Å²) in [6.45, 7) is 6.76. The number of aliphatic carboxylic acids is 1. The Morgan fingerprint density at radius 1 is 0.964 bits per heavy atom. The number of thioether (sulfide) groups is 1. The van der Waals surface area contributed by atoms with Gasteiger partial charge in [-0.1, -0.05) is 55.9 Å². The first-order chi connectivity index (χ1) is 13.1. The van der Waals surface area contributed by atoms with E-state index in [1.807, 2.05) is 19.9 Å². The Labute approximate surface area is 169 Å². The summed E-state index contributed by atoms with van der Waals surface area (Å²) in [4.78, 5) is 47.8. The highest BCUT2D eigenvalue weighted by atomic mass is 32.2. The van der Waals surface area contributed by atoms with Gasteiger partial charge in [0.15, 0.2) is 5.12 Å². The minimum absolute atomic E-state index is 0.101. The fourth-order valence-electron chi connectivity index (χ4n) is 2.62. The number of benzene rings is 1. The van der Waals surface area contributed by atoms with Gasteiger partial charge in [0, 0.05) is 13.3 Å². The predicted molar refractivity (Wildman–Crippen MR) is 109 cm³/mol. The number of carboxylic acids is 1. The van der Waals surface area contributed by atoms with Gasteiger partial charge in [-0.2, -0.15) is 0 Å². The van der Waals surface area contributed by atoms with E-state index in [4.69, 9.17) is 0 Å². The molecule has 0 saturated heterocycles. The van der Waals surface area contributed by atoms with Crippen LogP contribution < -0.4 is 10.6 Å². The number of carbonyl (C=O) groups is 4. The Kier molecular flexibility index (Phi) is 9.72. The van der Waals surface area contributed by atoms with Crippen LogP contribution in [0.25, 0.3) is 0 Å². The summed E-state index contributed by atoms with van der Waals surface area (Å²) < 4.78 is 0. The van der Waals surface area contributed by atoms with E-state index < -0.39 is 35.1 Å². The first-order valence-corrected chi connectivity index (χ1v) is 10.0. The van der Waals surface area contributed by atoms with Crippen molar-refractivity contribution in [1.29, 1.82) is 0 Å². The number of nitrogens with one attached hydrogen (secondary N) is 2. The quantitative estimate of drug-likeness (QED) is 0.546. The molecule has 3 atom stereocenters. The van der Waals surface area contributed by atoms with Gasteiger partial charge in [0.1, 0.15) is 12.1 Å². The van der Waals surface area contributed by atoms with Crippen LogP contribution in [0.5, 0.6) is 0 Å². The van der Waals surface area contributed by atoms with Crippen LogP contribution in [-0.2, 0) is 25.6 Å². The molecule has 3 N–H and O–H groups in total. The molecule has 0 aliphatic heterocycles. The summed E-state index contributed by atoms with van der Waals surface area (Å²) in [5.41, 5.74) is 0.783. The topological polar surface area (TPSA) is 113 Å². The molecule has 0 spiro atoms. The first-order valence-electron chi connectivity index (χ1n) is 9.14. The van der Waals surface area contributed by atoms with E-state index in [9.17, 15) is 24.3 Å². The fourth-order valence-corrected chi connectivity index (χ4v) is 3.29. The number of carboxylic acid groups (broad SMARTS) is 1. The Morgan fingerprint density at radius 2 is 1.54 bits per heavy atom. The van der Waals surface area contributed by atoms with Gasteiger partial charge in [-0.05, 0) is 24.8 Å². The molecule has 0 aliphatic carbocycles. The predicted octanol–water partition coefficient (Wildman–Crippen LogP) is 2.00. The lowest BCUT2D eigenvalue weighted by Crippen LogP contribution is -2.53. The van der Waals surface area contributed by atoms with Gasteiger partial charge in [0.2, 0.25) is 11.8 Å². The van der Waals surface area contributed by atoms with Gasteiger partial charge >= 0.3 is 5.97 Å². The zero-order valence-corrected chi connectivity index (χ0v) is 17.4. The molecule has 0 aliphatic rings. The zero-order chi connectivity index (χ0) is 21.3. The molecule has 28 heavy (non-hydrogen) atoms. The summed E-state index contributed by atoms with van der Waals surface area (Å²) in [6, 6.07) is 7.02. The average molecular weight is 409 g/mol. The number of hydrogen-bond donors (Lipinski definition) is 3. The van der Waals surface area contributed by atoms with Crippen LogP contribution in [0.1, 0.15) is 39.7 Å². The molecule has 1 unspecified atom stereocenters. The van der Waals surface area contributed by atoms with Gasteiger partial charge in [0.25, 0.3) is 0 Å². The largest absolute Gasteiger partial charge is 0.480 e. The third-order valence-corrected chi connectivity index (χ3v) is 4.85. The van der Waals surface area contributed by atoms with Crippen molar-refractivity contribution < 1.29 is 24.3 Å². The highest BCUT2D eigenvalue weighted by Crippen LogP contribution is 2.13. The van der Waals surface area contributed by atoms with Crippen molar-refractivity contribution in [2.45, 2.75) is 57.9 Å². The van der Waals surface area contributed by atoms with E-state index in [2.05, 4.69) is 10.6 Å². The second kappa shape index (κ2) is 11.5. The smallest absolute Gasteiger partial charge is 0.326 e. The average Bonchev–Trinajstić information content (AvgIpc) is 2.60. The van der Waals surface area contributed by atoms with E-state index in [1.165, 1.54) is 6.92 Å². The molecule has 154 valence electrons. The molecule has 0 saturated carbocycles. The second-order valence-electron chi connectivity index (χ2n) is 7.03. The molecule has 1 aromatic rings.